The van der Waals surface area contributed by atoms with E-state index in [1.165, 1.54) is 13.2 Å². The summed E-state index contributed by atoms with van der Waals surface area (Å²) in [5, 5.41) is 0.184. The van der Waals surface area contributed by atoms with Crippen molar-refractivity contribution in [1.82, 2.24) is 0 Å². The van der Waals surface area contributed by atoms with E-state index in [0.717, 1.165) is 6.07 Å². The lowest BCUT2D eigenvalue weighted by Crippen LogP contribution is -1.94. The molecule has 1 rings (SSSR count). The summed E-state index contributed by atoms with van der Waals surface area (Å²) < 4.78 is 17.5. The number of ether oxygens (including phenoxy) is 1. The Hall–Kier alpha value is -1.09. The summed E-state index contributed by atoms with van der Waals surface area (Å²) in [5.74, 6) is -0.707. The molecule has 0 heterocycles. The van der Waals surface area contributed by atoms with E-state index in [-0.39, 0.29) is 16.3 Å². The quantitative estimate of drug-likeness (QED) is 0.666. The fourth-order valence-corrected chi connectivity index (χ4v) is 1.06. The van der Waals surface area contributed by atoms with Crippen molar-refractivity contribution in [1.29, 1.82) is 0 Å². The molecular weight excluding hydrogens is 183 g/mol. The first kappa shape index (κ1) is 9.00. The Bertz CT molecular complexity index is 312. The number of rotatable bonds is 2. The minimum atomic E-state index is -0.594. The van der Waals surface area contributed by atoms with E-state index in [1.807, 2.05) is 0 Å². The molecule has 0 fully saturated rings. The summed E-state index contributed by atoms with van der Waals surface area (Å²) in [6.45, 7) is 0. The Morgan fingerprint density at radius 3 is 2.67 bits per heavy atom. The molecule has 0 unspecified atom stereocenters. The van der Waals surface area contributed by atoms with Crippen molar-refractivity contribution in [3.63, 3.8) is 0 Å². The molecule has 0 saturated carbocycles. The fourth-order valence-electron chi connectivity index (χ4n) is 0.866. The topological polar surface area (TPSA) is 26.3 Å². The summed E-state index contributed by atoms with van der Waals surface area (Å²) in [7, 11) is 1.28. The van der Waals surface area contributed by atoms with Crippen molar-refractivity contribution in [2.24, 2.45) is 0 Å². The van der Waals surface area contributed by atoms with Gasteiger partial charge in [-0.25, -0.2) is 4.39 Å². The van der Waals surface area contributed by atoms with Crippen LogP contribution in [-0.2, 0) is 0 Å². The van der Waals surface area contributed by atoms with Gasteiger partial charge in [-0.05, 0) is 12.1 Å². The van der Waals surface area contributed by atoms with Crippen molar-refractivity contribution in [2.75, 3.05) is 7.11 Å². The summed E-state index contributed by atoms with van der Waals surface area (Å²) >= 11 is 5.60. The highest BCUT2D eigenvalue weighted by Crippen LogP contribution is 2.27. The molecule has 64 valence electrons. The van der Waals surface area contributed by atoms with Crippen LogP contribution >= 0.6 is 11.6 Å². The predicted molar refractivity (Wildman–Crippen MR) is 43.3 cm³/mol. The highest BCUT2D eigenvalue weighted by atomic mass is 35.5. The molecule has 0 aliphatic heterocycles. The van der Waals surface area contributed by atoms with Crippen LogP contribution in [0.3, 0.4) is 0 Å². The summed E-state index contributed by atoms with van der Waals surface area (Å²) in [4.78, 5) is 10.4. The van der Waals surface area contributed by atoms with E-state index in [0.29, 0.717) is 6.29 Å². The van der Waals surface area contributed by atoms with Crippen LogP contribution in [-0.4, -0.2) is 13.4 Å². The van der Waals surface area contributed by atoms with E-state index in [4.69, 9.17) is 11.6 Å². The first-order valence-corrected chi connectivity index (χ1v) is 3.55. The van der Waals surface area contributed by atoms with Crippen LogP contribution < -0.4 is 4.74 Å². The van der Waals surface area contributed by atoms with Gasteiger partial charge in [0.2, 0.25) is 0 Å². The zero-order chi connectivity index (χ0) is 9.14. The van der Waals surface area contributed by atoms with Gasteiger partial charge in [0.15, 0.2) is 17.9 Å². The normalized spacial score (nSPS) is 9.58. The molecule has 0 aliphatic carbocycles. The molecule has 0 aromatic heterocycles. The Morgan fingerprint density at radius 1 is 1.58 bits per heavy atom. The lowest BCUT2D eigenvalue weighted by atomic mass is 10.2. The van der Waals surface area contributed by atoms with Crippen LogP contribution in [0.5, 0.6) is 5.75 Å². The second-order valence-electron chi connectivity index (χ2n) is 2.09. The van der Waals surface area contributed by atoms with Crippen molar-refractivity contribution in [3.8, 4) is 5.75 Å². The van der Waals surface area contributed by atoms with Gasteiger partial charge >= 0.3 is 0 Å². The minimum Gasteiger partial charge on any atom is -0.493 e. The first-order chi connectivity index (χ1) is 5.70. The molecule has 0 atom stereocenters. The van der Waals surface area contributed by atoms with E-state index in [1.54, 1.807) is 0 Å². The molecule has 0 radical (unpaired) electrons. The molecular formula is C8H6ClFO2. The fraction of sp³-hybridized carbons (Fsp3) is 0.125. The largest absolute Gasteiger partial charge is 0.493 e. The number of aldehydes is 1. The molecule has 0 N–H and O–H groups in total. The zero-order valence-electron chi connectivity index (χ0n) is 6.30. The van der Waals surface area contributed by atoms with Crippen LogP contribution in [0.4, 0.5) is 4.39 Å². The Morgan fingerprint density at radius 2 is 2.25 bits per heavy atom. The molecule has 1 aromatic rings. The smallest absolute Gasteiger partial charge is 0.166 e. The number of benzene rings is 1. The van der Waals surface area contributed by atoms with Crippen LogP contribution in [0.2, 0.25) is 5.02 Å². The van der Waals surface area contributed by atoms with Gasteiger partial charge < -0.3 is 4.74 Å². The predicted octanol–water partition coefficient (Wildman–Crippen LogP) is 2.30. The Balaban J connectivity index is 3.38. The summed E-state index contributed by atoms with van der Waals surface area (Å²) in [6, 6.07) is 2.46. The molecule has 0 bridgehead atoms. The molecule has 0 spiro atoms. The zero-order valence-corrected chi connectivity index (χ0v) is 7.06. The van der Waals surface area contributed by atoms with Crippen molar-refractivity contribution >= 4 is 17.9 Å². The molecule has 2 nitrogen and oxygen atoms in total. The Labute approximate surface area is 73.9 Å². The number of carbonyl (C=O) groups is 1. The number of carbonyl (C=O) groups excluding carboxylic acids is 1. The van der Waals surface area contributed by atoms with Gasteiger partial charge in [0.05, 0.1) is 17.7 Å². The van der Waals surface area contributed by atoms with Gasteiger partial charge in [0, 0.05) is 0 Å². The van der Waals surface area contributed by atoms with E-state index >= 15 is 0 Å². The minimum absolute atomic E-state index is 0.0409. The third-order valence-electron chi connectivity index (χ3n) is 1.42. The van der Waals surface area contributed by atoms with Gasteiger partial charge in [-0.1, -0.05) is 11.6 Å². The standard InChI is InChI=1S/C8H6ClFO2/c1-12-8-5(4-11)6(9)2-3-7(8)10/h2-4H,1H3. The number of halogens is 2. The number of hydrogen-bond donors (Lipinski definition) is 0. The molecule has 1 aromatic carbocycles. The highest BCUT2D eigenvalue weighted by Gasteiger charge is 2.11. The van der Waals surface area contributed by atoms with Gasteiger partial charge in [-0.15, -0.1) is 0 Å². The third-order valence-corrected chi connectivity index (χ3v) is 1.75. The van der Waals surface area contributed by atoms with Crippen LogP contribution in [0, 0.1) is 5.82 Å². The van der Waals surface area contributed by atoms with Gasteiger partial charge in [-0.3, -0.25) is 4.79 Å². The van der Waals surface area contributed by atoms with E-state index in [9.17, 15) is 9.18 Å². The summed E-state index contributed by atoms with van der Waals surface area (Å²) in [6.07, 6.45) is 0.463. The van der Waals surface area contributed by atoms with Crippen LogP contribution in [0.1, 0.15) is 10.4 Å². The number of methoxy groups -OCH3 is 1. The second kappa shape index (κ2) is 3.54. The van der Waals surface area contributed by atoms with Crippen LogP contribution in [0.25, 0.3) is 0 Å². The maximum Gasteiger partial charge on any atom is 0.166 e. The van der Waals surface area contributed by atoms with Gasteiger partial charge in [-0.2, -0.15) is 0 Å². The van der Waals surface area contributed by atoms with E-state index < -0.39 is 5.82 Å². The van der Waals surface area contributed by atoms with Gasteiger partial charge in [0.1, 0.15) is 0 Å². The monoisotopic (exact) mass is 188 g/mol. The molecule has 12 heavy (non-hydrogen) atoms. The highest BCUT2D eigenvalue weighted by molar-refractivity contribution is 6.33. The van der Waals surface area contributed by atoms with E-state index in [2.05, 4.69) is 4.74 Å². The molecule has 0 saturated heterocycles. The lowest BCUT2D eigenvalue weighted by Gasteiger charge is -2.05. The van der Waals surface area contributed by atoms with Crippen LogP contribution in [0.15, 0.2) is 12.1 Å². The van der Waals surface area contributed by atoms with Crippen molar-refractivity contribution in [2.45, 2.75) is 0 Å². The SMILES string of the molecule is COc1c(F)ccc(Cl)c1C=O. The first-order valence-electron chi connectivity index (χ1n) is 3.18. The lowest BCUT2D eigenvalue weighted by molar-refractivity contribution is 0.112. The maximum absolute atomic E-state index is 12.9. The van der Waals surface area contributed by atoms with Crippen molar-refractivity contribution in [3.05, 3.63) is 28.5 Å². The molecule has 4 heteroatoms. The third kappa shape index (κ3) is 1.41. The average Bonchev–Trinajstić information content (AvgIpc) is 2.08. The van der Waals surface area contributed by atoms with Crippen molar-refractivity contribution < 1.29 is 13.9 Å². The summed E-state index contributed by atoms with van der Waals surface area (Å²) in [5.41, 5.74) is 0.0409. The van der Waals surface area contributed by atoms with Gasteiger partial charge in [0.25, 0.3) is 0 Å². The Kier molecular flexibility index (Phi) is 2.65. The maximum atomic E-state index is 12.9. The molecule has 0 amide bonds. The number of hydrogen-bond acceptors (Lipinski definition) is 2. The molecule has 0 aliphatic rings. The average molecular weight is 189 g/mol. The second-order valence-corrected chi connectivity index (χ2v) is 2.50.